The van der Waals surface area contributed by atoms with E-state index in [2.05, 4.69) is 15.5 Å². The maximum absolute atomic E-state index is 11.9. The summed E-state index contributed by atoms with van der Waals surface area (Å²) in [7, 11) is 3.12. The van der Waals surface area contributed by atoms with Crippen LogP contribution >= 0.6 is 0 Å². The Labute approximate surface area is 104 Å². The van der Waals surface area contributed by atoms with E-state index in [-0.39, 0.29) is 35.5 Å². The zero-order valence-electron chi connectivity index (χ0n) is 10.6. The molecular weight excluding hydrogens is 236 g/mol. The Hall–Kier alpha value is -2.18. The molecule has 0 aliphatic rings. The van der Waals surface area contributed by atoms with Crippen molar-refractivity contribution in [3.8, 4) is 0 Å². The molecule has 1 rings (SSSR count). The van der Waals surface area contributed by atoms with Crippen LogP contribution in [0.15, 0.2) is 16.9 Å². The summed E-state index contributed by atoms with van der Waals surface area (Å²) in [6.45, 7) is 2.00. The molecule has 0 fully saturated rings. The van der Waals surface area contributed by atoms with E-state index in [9.17, 15) is 14.4 Å². The summed E-state index contributed by atoms with van der Waals surface area (Å²) in [5, 5.41) is 8.35. The van der Waals surface area contributed by atoms with Crippen LogP contribution in [0.1, 0.15) is 17.4 Å². The van der Waals surface area contributed by atoms with E-state index in [1.165, 1.54) is 17.0 Å². The highest BCUT2D eigenvalue weighted by Crippen LogP contribution is 2.02. The Kier molecular flexibility index (Phi) is 4.59. The lowest BCUT2D eigenvalue weighted by Crippen LogP contribution is -2.37. The summed E-state index contributed by atoms with van der Waals surface area (Å²) in [6, 6.07) is 2.58. The minimum atomic E-state index is -0.368. The van der Waals surface area contributed by atoms with Gasteiger partial charge in [-0.05, 0) is 6.07 Å². The minimum Gasteiger partial charge on any atom is -0.359 e. The van der Waals surface area contributed by atoms with E-state index in [4.69, 9.17) is 0 Å². The van der Waals surface area contributed by atoms with E-state index < -0.39 is 0 Å². The number of aromatic amines is 1. The molecule has 98 valence electrons. The first-order chi connectivity index (χ1) is 8.45. The van der Waals surface area contributed by atoms with Gasteiger partial charge >= 0.3 is 0 Å². The molecule has 0 bridgehead atoms. The van der Waals surface area contributed by atoms with Gasteiger partial charge in [-0.3, -0.25) is 14.4 Å². The fourth-order valence-corrected chi connectivity index (χ4v) is 1.48. The van der Waals surface area contributed by atoms with E-state index in [1.54, 1.807) is 21.0 Å². The van der Waals surface area contributed by atoms with Gasteiger partial charge in [0, 0.05) is 26.7 Å². The smallest absolute Gasteiger partial charge is 0.274 e. The van der Waals surface area contributed by atoms with Crippen molar-refractivity contribution in [3.63, 3.8) is 0 Å². The molecule has 1 unspecified atom stereocenters. The highest BCUT2D eigenvalue weighted by molar-refractivity contribution is 5.92. The van der Waals surface area contributed by atoms with Crippen LogP contribution in [0.25, 0.3) is 0 Å². The first kappa shape index (κ1) is 13.9. The first-order valence-corrected chi connectivity index (χ1v) is 5.48. The first-order valence-electron chi connectivity index (χ1n) is 5.48. The van der Waals surface area contributed by atoms with E-state index >= 15 is 0 Å². The van der Waals surface area contributed by atoms with Crippen molar-refractivity contribution in [2.45, 2.75) is 6.92 Å². The second-order valence-electron chi connectivity index (χ2n) is 4.01. The summed E-state index contributed by atoms with van der Waals surface area (Å²) < 4.78 is 0. The van der Waals surface area contributed by atoms with Crippen LogP contribution in [-0.4, -0.2) is 47.6 Å². The third-order valence-electron chi connectivity index (χ3n) is 2.49. The number of hydrogen-bond donors (Lipinski definition) is 2. The van der Waals surface area contributed by atoms with Gasteiger partial charge in [-0.25, -0.2) is 5.10 Å². The molecule has 1 atom stereocenters. The molecular formula is C11H16N4O3. The SMILES string of the molecule is CNC(=O)C(C)CN(C)C(=O)c1ccc(=O)[nH]n1. The van der Waals surface area contributed by atoms with Gasteiger partial charge in [0.15, 0.2) is 0 Å². The van der Waals surface area contributed by atoms with Crippen molar-refractivity contribution in [1.29, 1.82) is 0 Å². The van der Waals surface area contributed by atoms with Gasteiger partial charge in [0.05, 0.1) is 5.92 Å². The van der Waals surface area contributed by atoms with Crippen LogP contribution in [0, 0.1) is 5.92 Å². The number of rotatable bonds is 4. The summed E-state index contributed by atoms with van der Waals surface area (Å²) in [6.07, 6.45) is 0. The molecule has 0 aromatic carbocycles. The Morgan fingerprint density at radius 2 is 2.17 bits per heavy atom. The topological polar surface area (TPSA) is 95.2 Å². The van der Waals surface area contributed by atoms with Gasteiger partial charge in [-0.15, -0.1) is 0 Å². The van der Waals surface area contributed by atoms with Crippen molar-refractivity contribution in [2.75, 3.05) is 20.6 Å². The van der Waals surface area contributed by atoms with Gasteiger partial charge in [0.25, 0.3) is 11.5 Å². The van der Waals surface area contributed by atoms with Crippen LogP contribution in [0.4, 0.5) is 0 Å². The van der Waals surface area contributed by atoms with E-state index in [0.29, 0.717) is 0 Å². The van der Waals surface area contributed by atoms with Gasteiger partial charge in [0.1, 0.15) is 5.69 Å². The summed E-state index contributed by atoms with van der Waals surface area (Å²) in [5.74, 6) is -0.794. The zero-order valence-corrected chi connectivity index (χ0v) is 10.6. The normalized spacial score (nSPS) is 11.7. The number of carbonyl (C=O) groups excluding carboxylic acids is 2. The van der Waals surface area contributed by atoms with Gasteiger partial charge in [-0.1, -0.05) is 6.92 Å². The molecule has 7 nitrogen and oxygen atoms in total. The monoisotopic (exact) mass is 252 g/mol. The predicted molar refractivity (Wildman–Crippen MR) is 65.0 cm³/mol. The third-order valence-corrected chi connectivity index (χ3v) is 2.49. The average molecular weight is 252 g/mol. The van der Waals surface area contributed by atoms with Gasteiger partial charge in [0.2, 0.25) is 5.91 Å². The van der Waals surface area contributed by atoms with Crippen LogP contribution in [0.2, 0.25) is 0 Å². The van der Waals surface area contributed by atoms with Crippen molar-refractivity contribution in [2.24, 2.45) is 5.92 Å². The third kappa shape index (κ3) is 3.41. The second-order valence-corrected chi connectivity index (χ2v) is 4.01. The van der Waals surface area contributed by atoms with E-state index in [1.807, 2.05) is 0 Å². The number of nitrogens with one attached hydrogen (secondary N) is 2. The molecule has 1 aromatic rings. The molecule has 0 radical (unpaired) electrons. The minimum absolute atomic E-state index is 0.135. The Balaban J connectivity index is 2.69. The van der Waals surface area contributed by atoms with Gasteiger partial charge in [-0.2, -0.15) is 5.10 Å². The highest BCUT2D eigenvalue weighted by atomic mass is 16.2. The largest absolute Gasteiger partial charge is 0.359 e. The standard InChI is InChI=1S/C11H16N4O3/c1-7(10(17)12-2)6-15(3)11(18)8-4-5-9(16)14-13-8/h4-5,7H,6H2,1-3H3,(H,12,17)(H,14,16). The summed E-state index contributed by atoms with van der Waals surface area (Å²) in [4.78, 5) is 35.5. The molecule has 2 N–H and O–H groups in total. The van der Waals surface area contributed by atoms with Crippen molar-refractivity contribution >= 4 is 11.8 Å². The number of H-pyrrole nitrogens is 1. The van der Waals surface area contributed by atoms with Crippen molar-refractivity contribution in [3.05, 3.63) is 28.2 Å². The number of carbonyl (C=O) groups is 2. The molecule has 18 heavy (non-hydrogen) atoms. The Bertz CT molecular complexity index is 477. The summed E-state index contributed by atoms with van der Waals surface area (Å²) >= 11 is 0. The lowest BCUT2D eigenvalue weighted by atomic mass is 10.1. The molecule has 0 aliphatic carbocycles. The van der Waals surface area contributed by atoms with Crippen LogP contribution in [0.5, 0.6) is 0 Å². The molecule has 0 saturated heterocycles. The predicted octanol–water partition coefficient (Wildman–Crippen LogP) is -0.776. The summed E-state index contributed by atoms with van der Waals surface area (Å²) in [5.41, 5.74) is -0.228. The van der Waals surface area contributed by atoms with Crippen molar-refractivity contribution < 1.29 is 9.59 Å². The zero-order chi connectivity index (χ0) is 13.7. The number of nitrogens with zero attached hydrogens (tertiary/aromatic N) is 2. The molecule has 0 spiro atoms. The molecule has 1 heterocycles. The van der Waals surface area contributed by atoms with Crippen LogP contribution in [-0.2, 0) is 4.79 Å². The lowest BCUT2D eigenvalue weighted by molar-refractivity contribution is -0.124. The Morgan fingerprint density at radius 1 is 1.50 bits per heavy atom. The number of aromatic nitrogens is 2. The Morgan fingerprint density at radius 3 is 2.67 bits per heavy atom. The maximum Gasteiger partial charge on any atom is 0.274 e. The number of amides is 2. The highest BCUT2D eigenvalue weighted by Gasteiger charge is 2.19. The molecule has 7 heteroatoms. The second kappa shape index (κ2) is 5.95. The van der Waals surface area contributed by atoms with Gasteiger partial charge < -0.3 is 10.2 Å². The molecule has 0 saturated carbocycles. The molecule has 2 amide bonds. The van der Waals surface area contributed by atoms with Crippen LogP contribution in [0.3, 0.4) is 0 Å². The van der Waals surface area contributed by atoms with Crippen molar-refractivity contribution in [1.82, 2.24) is 20.4 Å². The quantitative estimate of drug-likeness (QED) is 0.735. The molecule has 1 aromatic heterocycles. The lowest BCUT2D eigenvalue weighted by Gasteiger charge is -2.20. The number of hydrogen-bond acceptors (Lipinski definition) is 4. The maximum atomic E-state index is 11.9. The fraction of sp³-hybridized carbons (Fsp3) is 0.455. The van der Waals surface area contributed by atoms with Crippen LogP contribution < -0.4 is 10.9 Å². The fourth-order valence-electron chi connectivity index (χ4n) is 1.48. The molecule has 0 aliphatic heterocycles. The van der Waals surface area contributed by atoms with E-state index in [0.717, 1.165) is 0 Å². The average Bonchev–Trinajstić information content (AvgIpc) is 2.37.